The molecule has 0 aliphatic carbocycles. The van der Waals surface area contributed by atoms with Crippen molar-refractivity contribution < 1.29 is 9.59 Å². The second-order valence-corrected chi connectivity index (χ2v) is 7.17. The smallest absolute Gasteiger partial charge is 0.267 e. The Bertz CT molecular complexity index is 680. The normalized spacial score (nSPS) is 10.5. The summed E-state index contributed by atoms with van der Waals surface area (Å²) in [4.78, 5) is 25.5. The summed E-state index contributed by atoms with van der Waals surface area (Å²) < 4.78 is 0. The van der Waals surface area contributed by atoms with E-state index in [1.54, 1.807) is 12.1 Å². The third-order valence-electron chi connectivity index (χ3n) is 3.64. The Morgan fingerprint density at radius 3 is 2.32 bits per heavy atom. The maximum atomic E-state index is 12.0. The molecule has 0 unspecified atom stereocenters. The van der Waals surface area contributed by atoms with E-state index < -0.39 is 0 Å². The molecular weight excluding hydrogens is 314 g/mol. The van der Waals surface area contributed by atoms with Crippen LogP contribution in [0.25, 0.3) is 0 Å². The number of benzene rings is 1. The van der Waals surface area contributed by atoms with Crippen LogP contribution in [0.5, 0.6) is 0 Å². The third kappa shape index (κ3) is 3.78. The van der Waals surface area contributed by atoms with Crippen LogP contribution >= 0.6 is 23.1 Å². The van der Waals surface area contributed by atoms with Crippen LogP contribution in [0.15, 0.2) is 28.5 Å². The first-order valence-corrected chi connectivity index (χ1v) is 8.84. The van der Waals surface area contributed by atoms with E-state index in [0.717, 1.165) is 4.90 Å². The topological polar surface area (TPSA) is 46.2 Å². The summed E-state index contributed by atoms with van der Waals surface area (Å²) in [6, 6.07) is 5.66. The van der Waals surface area contributed by atoms with Crippen LogP contribution in [0.1, 0.15) is 31.9 Å². The number of carbonyl (C=O) groups excluding carboxylic acids is 2. The summed E-state index contributed by atoms with van der Waals surface area (Å²) in [5.41, 5.74) is 4.84. The fourth-order valence-corrected chi connectivity index (χ4v) is 3.89. The molecule has 0 bridgehead atoms. The minimum atomic E-state index is -0.325. The average Bonchev–Trinajstić information content (AvgIpc) is 2.99. The van der Waals surface area contributed by atoms with Crippen LogP contribution in [0.3, 0.4) is 0 Å². The molecule has 5 heteroatoms. The SMILES string of the molecule is Cc1cc(C)c(C)c(SCC(=O)NC(=O)c2cccs2)c1C. The van der Waals surface area contributed by atoms with Crippen molar-refractivity contribution >= 4 is 34.9 Å². The number of thiophene rings is 1. The largest absolute Gasteiger partial charge is 0.291 e. The van der Waals surface area contributed by atoms with E-state index in [0.29, 0.717) is 4.88 Å². The lowest BCUT2D eigenvalue weighted by atomic mass is 10.0. The number of carbonyl (C=O) groups is 2. The molecular formula is C17H19NO2S2. The summed E-state index contributed by atoms with van der Waals surface area (Å²) in [6.07, 6.45) is 0. The van der Waals surface area contributed by atoms with E-state index in [2.05, 4.69) is 39.1 Å². The first-order chi connectivity index (χ1) is 10.4. The van der Waals surface area contributed by atoms with Gasteiger partial charge in [-0.25, -0.2) is 0 Å². The van der Waals surface area contributed by atoms with Crippen molar-refractivity contribution in [2.75, 3.05) is 5.75 Å². The van der Waals surface area contributed by atoms with Crippen molar-refractivity contribution in [1.29, 1.82) is 0 Å². The molecule has 1 heterocycles. The highest BCUT2D eigenvalue weighted by Crippen LogP contribution is 2.30. The Labute approximate surface area is 139 Å². The van der Waals surface area contributed by atoms with Gasteiger partial charge in [-0.2, -0.15) is 0 Å². The average molecular weight is 333 g/mol. The van der Waals surface area contributed by atoms with Gasteiger partial charge in [-0.15, -0.1) is 23.1 Å². The van der Waals surface area contributed by atoms with Crippen LogP contribution in [0, 0.1) is 27.7 Å². The van der Waals surface area contributed by atoms with Crippen molar-refractivity contribution in [2.45, 2.75) is 32.6 Å². The minimum absolute atomic E-state index is 0.238. The van der Waals surface area contributed by atoms with Gasteiger partial charge in [0.05, 0.1) is 10.6 Å². The minimum Gasteiger partial charge on any atom is -0.291 e. The first kappa shape index (κ1) is 16.8. The Balaban J connectivity index is 2.01. The molecule has 2 rings (SSSR count). The van der Waals surface area contributed by atoms with Gasteiger partial charge in [-0.05, 0) is 61.4 Å². The van der Waals surface area contributed by atoms with Crippen molar-refractivity contribution in [1.82, 2.24) is 5.32 Å². The lowest BCUT2D eigenvalue weighted by Crippen LogP contribution is -2.31. The zero-order chi connectivity index (χ0) is 16.3. The van der Waals surface area contributed by atoms with Crippen molar-refractivity contribution in [2.24, 2.45) is 0 Å². The highest BCUT2D eigenvalue weighted by molar-refractivity contribution is 8.00. The zero-order valence-corrected chi connectivity index (χ0v) is 14.8. The van der Waals surface area contributed by atoms with Crippen LogP contribution in [-0.4, -0.2) is 17.6 Å². The van der Waals surface area contributed by atoms with Crippen molar-refractivity contribution in [3.63, 3.8) is 0 Å². The second-order valence-electron chi connectivity index (χ2n) is 5.23. The number of amides is 2. The highest BCUT2D eigenvalue weighted by atomic mass is 32.2. The van der Waals surface area contributed by atoms with Crippen molar-refractivity contribution in [3.8, 4) is 0 Å². The third-order valence-corrected chi connectivity index (χ3v) is 5.82. The number of hydrogen-bond donors (Lipinski definition) is 1. The second kappa shape index (κ2) is 7.11. The fourth-order valence-electron chi connectivity index (χ4n) is 2.17. The van der Waals surface area contributed by atoms with Gasteiger partial charge in [0.1, 0.15) is 0 Å². The Kier molecular flexibility index (Phi) is 5.42. The molecule has 0 aliphatic heterocycles. The molecule has 0 fully saturated rings. The molecule has 0 spiro atoms. The van der Waals surface area contributed by atoms with E-state index in [9.17, 15) is 9.59 Å². The molecule has 2 amide bonds. The highest BCUT2D eigenvalue weighted by Gasteiger charge is 2.14. The van der Waals surface area contributed by atoms with E-state index >= 15 is 0 Å². The quantitative estimate of drug-likeness (QED) is 0.859. The molecule has 116 valence electrons. The van der Waals surface area contributed by atoms with E-state index in [1.807, 2.05) is 5.38 Å². The van der Waals surface area contributed by atoms with Crippen LogP contribution in [-0.2, 0) is 4.79 Å². The molecule has 0 saturated heterocycles. The van der Waals surface area contributed by atoms with Crippen molar-refractivity contribution in [3.05, 3.63) is 50.7 Å². The lowest BCUT2D eigenvalue weighted by molar-refractivity contribution is -0.117. The number of thioether (sulfide) groups is 1. The molecule has 0 saturated carbocycles. The molecule has 1 aromatic carbocycles. The Morgan fingerprint density at radius 1 is 1.14 bits per heavy atom. The zero-order valence-electron chi connectivity index (χ0n) is 13.1. The van der Waals surface area contributed by atoms with Gasteiger partial charge < -0.3 is 0 Å². The van der Waals surface area contributed by atoms with Gasteiger partial charge in [0.2, 0.25) is 5.91 Å². The summed E-state index contributed by atoms with van der Waals surface area (Å²) in [6.45, 7) is 8.29. The molecule has 0 radical (unpaired) electrons. The van der Waals surface area contributed by atoms with E-state index in [1.165, 1.54) is 45.4 Å². The molecule has 2 aromatic rings. The van der Waals surface area contributed by atoms with Gasteiger partial charge in [-0.3, -0.25) is 14.9 Å². The monoisotopic (exact) mass is 333 g/mol. The standard InChI is InChI=1S/C17H19NO2S2/c1-10-8-11(2)13(4)16(12(10)3)22-9-15(19)18-17(20)14-6-5-7-21-14/h5-8H,9H2,1-4H3,(H,18,19,20). The van der Waals surface area contributed by atoms with Crippen LogP contribution in [0.2, 0.25) is 0 Å². The number of imide groups is 1. The molecule has 1 N–H and O–H groups in total. The Hall–Kier alpha value is -1.59. The van der Waals surface area contributed by atoms with Crippen LogP contribution < -0.4 is 5.32 Å². The molecule has 0 atom stereocenters. The summed E-state index contributed by atoms with van der Waals surface area (Å²) in [7, 11) is 0. The number of hydrogen-bond acceptors (Lipinski definition) is 4. The van der Waals surface area contributed by atoms with E-state index in [4.69, 9.17) is 0 Å². The van der Waals surface area contributed by atoms with Gasteiger partial charge >= 0.3 is 0 Å². The number of nitrogens with one attached hydrogen (secondary N) is 1. The lowest BCUT2D eigenvalue weighted by Gasteiger charge is -2.14. The predicted octanol–water partition coefficient (Wildman–Crippen LogP) is 4.03. The van der Waals surface area contributed by atoms with E-state index in [-0.39, 0.29) is 17.6 Å². The molecule has 1 aromatic heterocycles. The Morgan fingerprint density at radius 2 is 1.77 bits per heavy atom. The van der Waals surface area contributed by atoms with Gasteiger partial charge in [0.15, 0.2) is 0 Å². The van der Waals surface area contributed by atoms with Gasteiger partial charge in [0.25, 0.3) is 5.91 Å². The number of rotatable bonds is 4. The predicted molar refractivity (Wildman–Crippen MR) is 92.9 cm³/mol. The van der Waals surface area contributed by atoms with Gasteiger partial charge in [-0.1, -0.05) is 12.1 Å². The molecule has 22 heavy (non-hydrogen) atoms. The molecule has 0 aliphatic rings. The summed E-state index contributed by atoms with van der Waals surface area (Å²) in [5, 5.41) is 4.25. The first-order valence-electron chi connectivity index (χ1n) is 6.98. The number of aryl methyl sites for hydroxylation is 2. The molecule has 3 nitrogen and oxygen atoms in total. The summed E-state index contributed by atoms with van der Waals surface area (Å²) in [5.74, 6) is -0.349. The maximum Gasteiger partial charge on any atom is 0.267 e. The van der Waals surface area contributed by atoms with Gasteiger partial charge in [0, 0.05) is 4.90 Å². The fraction of sp³-hybridized carbons (Fsp3) is 0.294. The summed E-state index contributed by atoms with van der Waals surface area (Å²) >= 11 is 2.81. The maximum absolute atomic E-state index is 12.0. The van der Waals surface area contributed by atoms with Crippen LogP contribution in [0.4, 0.5) is 0 Å².